The number of non-ortho nitro benzene ring substituents is 1. The lowest BCUT2D eigenvalue weighted by Gasteiger charge is -2.33. The minimum absolute atomic E-state index is 0.0460. The van der Waals surface area contributed by atoms with Crippen molar-refractivity contribution in [3.05, 3.63) is 64.4 Å². The lowest BCUT2D eigenvalue weighted by Crippen LogP contribution is -2.41. The Bertz CT molecular complexity index is 981. The smallest absolute Gasteiger partial charge is 0.278 e. The summed E-state index contributed by atoms with van der Waals surface area (Å²) in [6.45, 7) is 5.60. The molecule has 1 aromatic carbocycles. The Morgan fingerprint density at radius 3 is 2.75 bits per heavy atom. The molecule has 4 rings (SSSR count). The van der Waals surface area contributed by atoms with E-state index in [0.717, 1.165) is 35.7 Å². The number of pyridine rings is 1. The highest BCUT2D eigenvalue weighted by atomic mass is 16.6. The van der Waals surface area contributed by atoms with E-state index in [1.165, 1.54) is 12.3 Å². The molecule has 1 saturated heterocycles. The molecule has 1 unspecified atom stereocenters. The van der Waals surface area contributed by atoms with E-state index in [1.54, 1.807) is 18.3 Å². The van der Waals surface area contributed by atoms with Gasteiger partial charge >= 0.3 is 0 Å². The molecule has 28 heavy (non-hydrogen) atoms. The van der Waals surface area contributed by atoms with Crippen molar-refractivity contribution < 1.29 is 14.1 Å². The van der Waals surface area contributed by atoms with E-state index >= 15 is 0 Å². The third-order valence-electron chi connectivity index (χ3n) is 5.05. The van der Waals surface area contributed by atoms with Gasteiger partial charge in [0.15, 0.2) is 0 Å². The summed E-state index contributed by atoms with van der Waals surface area (Å²) in [6.07, 6.45) is 3.18. The number of aryl methyl sites for hydroxylation is 1. The summed E-state index contributed by atoms with van der Waals surface area (Å²) in [4.78, 5) is 17.3. The zero-order valence-electron chi connectivity index (χ0n) is 15.6. The number of benzene rings is 1. The Balaban J connectivity index is 1.62. The quantitative estimate of drug-likeness (QED) is 0.515. The molecule has 1 atom stereocenters. The number of rotatable bonds is 6. The summed E-state index contributed by atoms with van der Waals surface area (Å²) in [5.41, 5.74) is 0.893. The van der Waals surface area contributed by atoms with Gasteiger partial charge in [0.1, 0.15) is 11.5 Å². The SMILES string of the molecule is Cc1ccc(C(CNc2ccc([N+](=O)[O-])c3cnccc23)N2CCOCC2)o1. The van der Waals surface area contributed by atoms with Gasteiger partial charge in [0.05, 0.1) is 29.6 Å². The number of nitrogens with zero attached hydrogens (tertiary/aromatic N) is 3. The molecule has 3 heterocycles. The number of morpholine rings is 1. The van der Waals surface area contributed by atoms with E-state index in [-0.39, 0.29) is 16.7 Å². The third kappa shape index (κ3) is 3.69. The summed E-state index contributed by atoms with van der Waals surface area (Å²) in [6, 6.07) is 9.10. The average Bonchev–Trinajstić information content (AvgIpc) is 3.14. The first-order valence-electron chi connectivity index (χ1n) is 9.26. The molecular formula is C20H22N4O4. The maximum absolute atomic E-state index is 11.3. The van der Waals surface area contributed by atoms with Gasteiger partial charge in [-0.05, 0) is 31.2 Å². The Morgan fingerprint density at radius 2 is 2.04 bits per heavy atom. The van der Waals surface area contributed by atoms with Crippen molar-refractivity contribution >= 4 is 22.1 Å². The monoisotopic (exact) mass is 382 g/mol. The summed E-state index contributed by atoms with van der Waals surface area (Å²) in [5.74, 6) is 1.78. The van der Waals surface area contributed by atoms with Crippen LogP contribution in [0.3, 0.4) is 0 Å². The van der Waals surface area contributed by atoms with Crippen molar-refractivity contribution in [2.45, 2.75) is 13.0 Å². The lowest BCUT2D eigenvalue weighted by molar-refractivity contribution is -0.383. The van der Waals surface area contributed by atoms with Gasteiger partial charge in [-0.3, -0.25) is 20.0 Å². The van der Waals surface area contributed by atoms with E-state index in [1.807, 2.05) is 19.1 Å². The van der Waals surface area contributed by atoms with Crippen LogP contribution in [0.2, 0.25) is 0 Å². The molecule has 0 amide bonds. The molecule has 2 aromatic heterocycles. The second-order valence-electron chi connectivity index (χ2n) is 6.80. The van der Waals surface area contributed by atoms with E-state index in [0.29, 0.717) is 25.1 Å². The highest BCUT2D eigenvalue weighted by Crippen LogP contribution is 2.32. The standard InChI is InChI=1S/C20H22N4O4/c1-14-2-5-20(28-14)19(23-8-10-27-11-9-23)13-22-17-3-4-18(24(25)26)16-12-21-7-6-15(16)17/h2-7,12,19,22H,8-11,13H2,1H3. The Kier molecular flexibility index (Phi) is 5.23. The fourth-order valence-corrected chi connectivity index (χ4v) is 3.63. The second-order valence-corrected chi connectivity index (χ2v) is 6.80. The topological polar surface area (TPSA) is 93.7 Å². The van der Waals surface area contributed by atoms with Gasteiger partial charge in [-0.1, -0.05) is 0 Å². The predicted molar refractivity (Wildman–Crippen MR) is 105 cm³/mol. The zero-order valence-corrected chi connectivity index (χ0v) is 15.6. The number of anilines is 1. The molecule has 8 nitrogen and oxygen atoms in total. The number of hydrogen-bond acceptors (Lipinski definition) is 7. The second kappa shape index (κ2) is 7.95. The van der Waals surface area contributed by atoms with Crippen molar-refractivity contribution in [1.82, 2.24) is 9.88 Å². The highest BCUT2D eigenvalue weighted by Gasteiger charge is 2.25. The molecule has 0 spiro atoms. The van der Waals surface area contributed by atoms with Crippen LogP contribution in [0.5, 0.6) is 0 Å². The average molecular weight is 382 g/mol. The van der Waals surface area contributed by atoms with Gasteiger partial charge in [0.25, 0.3) is 5.69 Å². The minimum atomic E-state index is -0.379. The van der Waals surface area contributed by atoms with Crippen molar-refractivity contribution in [1.29, 1.82) is 0 Å². The molecule has 1 aliphatic rings. The van der Waals surface area contributed by atoms with Gasteiger partial charge in [-0.2, -0.15) is 0 Å². The Morgan fingerprint density at radius 1 is 1.21 bits per heavy atom. The number of ether oxygens (including phenoxy) is 1. The molecule has 0 radical (unpaired) electrons. The van der Waals surface area contributed by atoms with Crippen LogP contribution in [0.4, 0.5) is 11.4 Å². The van der Waals surface area contributed by atoms with E-state index in [2.05, 4.69) is 15.2 Å². The fraction of sp³-hybridized carbons (Fsp3) is 0.350. The van der Waals surface area contributed by atoms with Gasteiger partial charge in [-0.25, -0.2) is 0 Å². The van der Waals surface area contributed by atoms with Gasteiger partial charge in [0, 0.05) is 49.2 Å². The molecule has 3 aromatic rings. The van der Waals surface area contributed by atoms with Crippen LogP contribution < -0.4 is 5.32 Å². The van der Waals surface area contributed by atoms with E-state index in [9.17, 15) is 10.1 Å². The van der Waals surface area contributed by atoms with E-state index in [4.69, 9.17) is 9.15 Å². The number of nitrogens with one attached hydrogen (secondary N) is 1. The first-order valence-corrected chi connectivity index (χ1v) is 9.26. The molecular weight excluding hydrogens is 360 g/mol. The number of aromatic nitrogens is 1. The number of fused-ring (bicyclic) bond motifs is 1. The summed E-state index contributed by atoms with van der Waals surface area (Å²) < 4.78 is 11.4. The van der Waals surface area contributed by atoms with Gasteiger partial charge in [0.2, 0.25) is 0 Å². The number of hydrogen-bond donors (Lipinski definition) is 1. The van der Waals surface area contributed by atoms with Crippen molar-refractivity contribution in [2.24, 2.45) is 0 Å². The third-order valence-corrected chi connectivity index (χ3v) is 5.05. The lowest BCUT2D eigenvalue weighted by atomic mass is 10.1. The van der Waals surface area contributed by atoms with Crippen LogP contribution in [0, 0.1) is 17.0 Å². The molecule has 0 bridgehead atoms. The van der Waals surface area contributed by atoms with Crippen LogP contribution in [0.25, 0.3) is 10.8 Å². The van der Waals surface area contributed by atoms with Crippen LogP contribution >= 0.6 is 0 Å². The van der Waals surface area contributed by atoms with Crippen molar-refractivity contribution in [2.75, 3.05) is 38.2 Å². The maximum Gasteiger partial charge on any atom is 0.278 e. The molecule has 0 saturated carbocycles. The highest BCUT2D eigenvalue weighted by molar-refractivity contribution is 5.99. The molecule has 8 heteroatoms. The van der Waals surface area contributed by atoms with Gasteiger partial charge < -0.3 is 14.5 Å². The van der Waals surface area contributed by atoms with Crippen LogP contribution in [-0.2, 0) is 4.74 Å². The Hall–Kier alpha value is -2.97. The summed E-state index contributed by atoms with van der Waals surface area (Å²) in [5, 5.41) is 16.1. The molecule has 0 aliphatic carbocycles. The molecule has 146 valence electrons. The predicted octanol–water partition coefficient (Wildman–Crippen LogP) is 3.53. The molecule has 1 fully saturated rings. The van der Waals surface area contributed by atoms with Crippen LogP contribution in [0.15, 0.2) is 47.1 Å². The maximum atomic E-state index is 11.3. The summed E-state index contributed by atoms with van der Waals surface area (Å²) >= 11 is 0. The Labute approximate surface area is 162 Å². The number of nitro benzene ring substituents is 1. The first-order chi connectivity index (χ1) is 13.6. The van der Waals surface area contributed by atoms with Crippen LogP contribution in [-0.4, -0.2) is 47.7 Å². The zero-order chi connectivity index (χ0) is 19.5. The largest absolute Gasteiger partial charge is 0.465 e. The van der Waals surface area contributed by atoms with Gasteiger partial charge in [-0.15, -0.1) is 0 Å². The van der Waals surface area contributed by atoms with Crippen molar-refractivity contribution in [3.63, 3.8) is 0 Å². The number of furan rings is 1. The van der Waals surface area contributed by atoms with Crippen molar-refractivity contribution in [3.8, 4) is 0 Å². The van der Waals surface area contributed by atoms with Crippen LogP contribution in [0.1, 0.15) is 17.6 Å². The summed E-state index contributed by atoms with van der Waals surface area (Å²) in [7, 11) is 0. The van der Waals surface area contributed by atoms with E-state index < -0.39 is 0 Å². The normalized spacial score (nSPS) is 16.2. The minimum Gasteiger partial charge on any atom is -0.465 e. The molecule has 1 N–H and O–H groups in total. The fourth-order valence-electron chi connectivity index (χ4n) is 3.63. The first kappa shape index (κ1) is 18.4. The number of nitro groups is 1. The molecule has 1 aliphatic heterocycles.